The Kier molecular flexibility index (Phi) is 5.86. The maximum absolute atomic E-state index is 6.66. The summed E-state index contributed by atoms with van der Waals surface area (Å²) in [5.41, 5.74) is 8.90. The smallest absolute Gasteiger partial charge is 0.164 e. The van der Waals surface area contributed by atoms with E-state index >= 15 is 0 Å². The molecular formula is C45H26N4O2. The van der Waals surface area contributed by atoms with Gasteiger partial charge in [0.2, 0.25) is 0 Å². The lowest BCUT2D eigenvalue weighted by atomic mass is 10.0. The van der Waals surface area contributed by atoms with E-state index in [1.807, 2.05) is 91.0 Å². The van der Waals surface area contributed by atoms with Crippen LogP contribution in [0.3, 0.4) is 0 Å². The van der Waals surface area contributed by atoms with Gasteiger partial charge in [0, 0.05) is 55.1 Å². The summed E-state index contributed by atoms with van der Waals surface area (Å²) in [6.07, 6.45) is 0. The van der Waals surface area contributed by atoms with Crippen LogP contribution in [0.25, 0.3) is 106 Å². The Balaban J connectivity index is 1.28. The molecule has 6 nitrogen and oxygen atoms in total. The number of para-hydroxylation sites is 3. The molecule has 11 rings (SSSR count). The van der Waals surface area contributed by atoms with Crippen LogP contribution in [0.15, 0.2) is 167 Å². The predicted molar refractivity (Wildman–Crippen MR) is 205 cm³/mol. The SMILES string of the molecule is c1ccc(-c2nc(-c3ccccc3)nc(-c3cc(-n4c5ccccc5c5ccc6c7ccccc7oc6c54)cc4oc5ccccc5c34)n2)cc1. The third kappa shape index (κ3) is 4.20. The monoisotopic (exact) mass is 654 g/mol. The molecule has 0 unspecified atom stereocenters. The molecule has 0 aliphatic rings. The lowest BCUT2D eigenvalue weighted by Gasteiger charge is -2.13. The van der Waals surface area contributed by atoms with E-state index in [-0.39, 0.29) is 0 Å². The van der Waals surface area contributed by atoms with Gasteiger partial charge in [-0.3, -0.25) is 0 Å². The predicted octanol–water partition coefficient (Wildman–Crippen LogP) is 11.8. The molecule has 0 saturated heterocycles. The van der Waals surface area contributed by atoms with Crippen LogP contribution < -0.4 is 0 Å². The summed E-state index contributed by atoms with van der Waals surface area (Å²) >= 11 is 0. The van der Waals surface area contributed by atoms with Gasteiger partial charge in [-0.25, -0.2) is 15.0 Å². The number of rotatable bonds is 4. The summed E-state index contributed by atoms with van der Waals surface area (Å²) < 4.78 is 15.6. The molecule has 238 valence electrons. The fraction of sp³-hybridized carbons (Fsp3) is 0. The van der Waals surface area contributed by atoms with Crippen molar-refractivity contribution in [1.29, 1.82) is 0 Å². The van der Waals surface area contributed by atoms with Gasteiger partial charge in [-0.15, -0.1) is 0 Å². The topological polar surface area (TPSA) is 69.9 Å². The van der Waals surface area contributed by atoms with Crippen molar-refractivity contribution in [3.63, 3.8) is 0 Å². The minimum atomic E-state index is 0.566. The molecule has 4 heterocycles. The second-order valence-corrected chi connectivity index (χ2v) is 12.8. The fourth-order valence-corrected chi connectivity index (χ4v) is 7.57. The van der Waals surface area contributed by atoms with Crippen LogP contribution in [0.5, 0.6) is 0 Å². The van der Waals surface area contributed by atoms with Gasteiger partial charge in [-0.1, -0.05) is 121 Å². The van der Waals surface area contributed by atoms with Gasteiger partial charge in [0.15, 0.2) is 23.1 Å². The molecule has 0 fully saturated rings. The van der Waals surface area contributed by atoms with E-state index in [4.69, 9.17) is 23.8 Å². The minimum Gasteiger partial charge on any atom is -0.456 e. The molecule has 4 aromatic heterocycles. The Morgan fingerprint density at radius 3 is 1.71 bits per heavy atom. The number of fused-ring (bicyclic) bond motifs is 10. The molecule has 7 aromatic carbocycles. The van der Waals surface area contributed by atoms with Crippen LogP contribution in [0.2, 0.25) is 0 Å². The van der Waals surface area contributed by atoms with Crippen molar-refractivity contribution in [3.8, 4) is 39.9 Å². The maximum Gasteiger partial charge on any atom is 0.164 e. The van der Waals surface area contributed by atoms with Crippen molar-refractivity contribution in [1.82, 2.24) is 19.5 Å². The van der Waals surface area contributed by atoms with E-state index in [1.54, 1.807) is 0 Å². The third-order valence-electron chi connectivity index (χ3n) is 9.84. The van der Waals surface area contributed by atoms with Crippen LogP contribution in [-0.4, -0.2) is 19.5 Å². The Morgan fingerprint density at radius 1 is 0.412 bits per heavy atom. The van der Waals surface area contributed by atoms with E-state index in [0.717, 1.165) is 88.1 Å². The molecule has 0 N–H and O–H groups in total. The summed E-state index contributed by atoms with van der Waals surface area (Å²) in [6, 6.07) is 53.7. The first-order valence-electron chi connectivity index (χ1n) is 16.9. The third-order valence-corrected chi connectivity index (χ3v) is 9.84. The zero-order valence-corrected chi connectivity index (χ0v) is 27.1. The number of benzene rings is 7. The normalized spacial score (nSPS) is 11.9. The Labute approximate surface area is 290 Å². The molecule has 0 aliphatic carbocycles. The fourth-order valence-electron chi connectivity index (χ4n) is 7.57. The second-order valence-electron chi connectivity index (χ2n) is 12.8. The average molecular weight is 655 g/mol. The number of hydrogen-bond donors (Lipinski definition) is 0. The van der Waals surface area contributed by atoms with E-state index < -0.39 is 0 Å². The van der Waals surface area contributed by atoms with Crippen molar-refractivity contribution >= 4 is 65.7 Å². The standard InChI is InChI=1S/C45H26N4O2/c1-3-13-27(14-4-1)43-46-44(28-15-5-2-6-16-28)48-45(47-43)35-25-29(26-39-40(35)34-19-9-12-22-38(34)50-39)49-36-20-10-7-17-30(36)32-23-24-33-31-18-8-11-21-37(31)51-42(33)41(32)49/h1-26H. The van der Waals surface area contributed by atoms with Crippen LogP contribution in [0.4, 0.5) is 0 Å². The molecule has 0 atom stereocenters. The minimum absolute atomic E-state index is 0.566. The van der Waals surface area contributed by atoms with Crippen molar-refractivity contribution in [2.75, 3.05) is 0 Å². The van der Waals surface area contributed by atoms with Crippen molar-refractivity contribution < 1.29 is 8.83 Å². The summed E-state index contributed by atoms with van der Waals surface area (Å²) in [7, 11) is 0. The van der Waals surface area contributed by atoms with Gasteiger partial charge in [-0.2, -0.15) is 0 Å². The molecule has 11 aromatic rings. The van der Waals surface area contributed by atoms with Gasteiger partial charge in [0.1, 0.15) is 16.7 Å². The zero-order valence-electron chi connectivity index (χ0n) is 27.1. The lowest BCUT2D eigenvalue weighted by molar-refractivity contribution is 0.668. The average Bonchev–Trinajstić information content (AvgIpc) is 3.87. The van der Waals surface area contributed by atoms with Crippen LogP contribution in [-0.2, 0) is 0 Å². The quantitative estimate of drug-likeness (QED) is 0.189. The van der Waals surface area contributed by atoms with Crippen LogP contribution in [0, 0.1) is 0 Å². The summed E-state index contributed by atoms with van der Waals surface area (Å²) in [5, 5.41) is 6.36. The number of furan rings is 2. The van der Waals surface area contributed by atoms with Crippen molar-refractivity contribution in [2.24, 2.45) is 0 Å². The summed E-state index contributed by atoms with van der Waals surface area (Å²) in [5.74, 6) is 1.77. The highest BCUT2D eigenvalue weighted by atomic mass is 16.3. The molecular weight excluding hydrogens is 629 g/mol. The van der Waals surface area contributed by atoms with E-state index in [9.17, 15) is 0 Å². The van der Waals surface area contributed by atoms with Crippen molar-refractivity contribution in [2.45, 2.75) is 0 Å². The molecule has 0 saturated carbocycles. The lowest BCUT2D eigenvalue weighted by Crippen LogP contribution is -2.01. The van der Waals surface area contributed by atoms with E-state index in [2.05, 4.69) is 71.3 Å². The van der Waals surface area contributed by atoms with Crippen LogP contribution >= 0.6 is 0 Å². The molecule has 0 amide bonds. The molecule has 51 heavy (non-hydrogen) atoms. The largest absolute Gasteiger partial charge is 0.456 e. The highest BCUT2D eigenvalue weighted by Gasteiger charge is 2.23. The van der Waals surface area contributed by atoms with Gasteiger partial charge in [0.25, 0.3) is 0 Å². The first kappa shape index (κ1) is 27.9. The summed E-state index contributed by atoms with van der Waals surface area (Å²) in [4.78, 5) is 15.3. The molecule has 0 spiro atoms. The number of hydrogen-bond acceptors (Lipinski definition) is 5. The Hall–Kier alpha value is -7.05. The second kappa shape index (κ2) is 10.7. The highest BCUT2D eigenvalue weighted by molar-refractivity contribution is 6.22. The van der Waals surface area contributed by atoms with Crippen molar-refractivity contribution in [3.05, 3.63) is 158 Å². The molecule has 6 heteroatoms. The van der Waals surface area contributed by atoms with E-state index in [1.165, 1.54) is 0 Å². The number of nitrogens with zero attached hydrogens (tertiary/aromatic N) is 4. The first-order chi connectivity index (χ1) is 25.3. The summed E-state index contributed by atoms with van der Waals surface area (Å²) in [6.45, 7) is 0. The maximum atomic E-state index is 6.66. The molecule has 0 bridgehead atoms. The van der Waals surface area contributed by atoms with Gasteiger partial charge >= 0.3 is 0 Å². The first-order valence-corrected chi connectivity index (χ1v) is 16.9. The Bertz CT molecular complexity index is 3080. The highest BCUT2D eigenvalue weighted by Crippen LogP contribution is 2.43. The van der Waals surface area contributed by atoms with Crippen LogP contribution in [0.1, 0.15) is 0 Å². The van der Waals surface area contributed by atoms with Gasteiger partial charge < -0.3 is 13.4 Å². The number of aromatic nitrogens is 4. The van der Waals surface area contributed by atoms with Gasteiger partial charge in [-0.05, 0) is 30.3 Å². The molecule has 0 aliphatic heterocycles. The Morgan fingerprint density at radius 2 is 0.980 bits per heavy atom. The molecule has 0 radical (unpaired) electrons. The van der Waals surface area contributed by atoms with E-state index in [0.29, 0.717) is 17.5 Å². The zero-order chi connectivity index (χ0) is 33.5. The van der Waals surface area contributed by atoms with Gasteiger partial charge in [0.05, 0.1) is 16.7 Å².